The van der Waals surface area contributed by atoms with E-state index in [0.29, 0.717) is 22.9 Å². The Morgan fingerprint density at radius 2 is 1.86 bits per heavy atom. The molecule has 0 saturated heterocycles. The first-order valence-electron chi connectivity index (χ1n) is 8.38. The van der Waals surface area contributed by atoms with Crippen molar-refractivity contribution in [2.75, 3.05) is 6.26 Å². The highest BCUT2D eigenvalue weighted by molar-refractivity contribution is 7.90. The molecular formula is C20H18ClN3O3S. The molecule has 3 aromatic rings. The Balaban J connectivity index is 1.83. The minimum atomic E-state index is -3.24. The van der Waals surface area contributed by atoms with Crippen LogP contribution in [0.5, 0.6) is 5.75 Å². The van der Waals surface area contributed by atoms with Gasteiger partial charge in [-0.05, 0) is 56.3 Å². The van der Waals surface area contributed by atoms with Gasteiger partial charge < -0.3 is 4.74 Å². The van der Waals surface area contributed by atoms with Crippen molar-refractivity contribution in [3.8, 4) is 17.5 Å². The second-order valence-electron chi connectivity index (χ2n) is 6.37. The molecule has 0 aliphatic carbocycles. The van der Waals surface area contributed by atoms with E-state index >= 15 is 0 Å². The predicted molar refractivity (Wildman–Crippen MR) is 107 cm³/mol. The lowest BCUT2D eigenvalue weighted by Gasteiger charge is -2.09. The van der Waals surface area contributed by atoms with Crippen LogP contribution in [0.3, 0.4) is 0 Å². The molecule has 0 aliphatic heterocycles. The van der Waals surface area contributed by atoms with Crippen molar-refractivity contribution in [2.45, 2.75) is 25.3 Å². The summed E-state index contributed by atoms with van der Waals surface area (Å²) < 4.78 is 30.6. The van der Waals surface area contributed by atoms with Crippen molar-refractivity contribution < 1.29 is 13.2 Å². The molecule has 144 valence electrons. The van der Waals surface area contributed by atoms with Gasteiger partial charge in [0.25, 0.3) is 0 Å². The van der Waals surface area contributed by atoms with Crippen LogP contribution in [-0.2, 0) is 16.4 Å². The summed E-state index contributed by atoms with van der Waals surface area (Å²) in [5, 5.41) is 13.9. The van der Waals surface area contributed by atoms with Crippen molar-refractivity contribution in [3.63, 3.8) is 0 Å². The van der Waals surface area contributed by atoms with Gasteiger partial charge in [0.1, 0.15) is 18.4 Å². The fourth-order valence-corrected chi connectivity index (χ4v) is 3.65. The van der Waals surface area contributed by atoms with Crippen molar-refractivity contribution in [1.82, 2.24) is 9.78 Å². The SMILES string of the molecule is Cc1nn(-c2ccc(C#N)c(Cl)c2)c(C)c1COc1ccc(S(C)(=O)=O)cc1. The zero-order chi connectivity index (χ0) is 20.5. The highest BCUT2D eigenvalue weighted by Crippen LogP contribution is 2.24. The Labute approximate surface area is 168 Å². The van der Waals surface area contributed by atoms with E-state index in [4.69, 9.17) is 21.6 Å². The molecule has 0 saturated carbocycles. The number of hydrogen-bond donors (Lipinski definition) is 0. The number of nitrogens with zero attached hydrogens (tertiary/aromatic N) is 3. The van der Waals surface area contributed by atoms with Crippen molar-refractivity contribution in [3.05, 3.63) is 70.0 Å². The second kappa shape index (κ2) is 7.66. The summed E-state index contributed by atoms with van der Waals surface area (Å²) in [6.07, 6.45) is 1.17. The topological polar surface area (TPSA) is 85.0 Å². The monoisotopic (exact) mass is 415 g/mol. The summed E-state index contributed by atoms with van der Waals surface area (Å²) in [5.41, 5.74) is 3.80. The maximum Gasteiger partial charge on any atom is 0.175 e. The van der Waals surface area contributed by atoms with Crippen LogP contribution < -0.4 is 4.74 Å². The number of benzene rings is 2. The van der Waals surface area contributed by atoms with Gasteiger partial charge in [0.2, 0.25) is 0 Å². The second-order valence-corrected chi connectivity index (χ2v) is 8.79. The van der Waals surface area contributed by atoms with E-state index in [1.807, 2.05) is 19.9 Å². The van der Waals surface area contributed by atoms with E-state index in [9.17, 15) is 8.42 Å². The molecule has 0 spiro atoms. The number of nitriles is 1. The third-order valence-electron chi connectivity index (χ3n) is 4.39. The number of sulfone groups is 1. The van der Waals surface area contributed by atoms with Crippen molar-refractivity contribution in [1.29, 1.82) is 5.26 Å². The minimum Gasteiger partial charge on any atom is -0.489 e. The third-order valence-corrected chi connectivity index (χ3v) is 5.84. The molecule has 0 aliphatic rings. The summed E-state index contributed by atoms with van der Waals surface area (Å²) >= 11 is 6.13. The molecule has 1 heterocycles. The predicted octanol–water partition coefficient (Wildman–Crippen LogP) is 4.00. The molecule has 0 fully saturated rings. The van der Waals surface area contributed by atoms with Crippen LogP contribution in [0.4, 0.5) is 0 Å². The summed E-state index contributed by atoms with van der Waals surface area (Å²) in [6.45, 7) is 4.11. The van der Waals surface area contributed by atoms with Gasteiger partial charge in [-0.2, -0.15) is 10.4 Å². The summed E-state index contributed by atoms with van der Waals surface area (Å²) in [5.74, 6) is 0.570. The van der Waals surface area contributed by atoms with Gasteiger partial charge in [0.05, 0.1) is 26.9 Å². The van der Waals surface area contributed by atoms with Crippen LogP contribution in [-0.4, -0.2) is 24.5 Å². The molecule has 1 aromatic heterocycles. The van der Waals surface area contributed by atoms with Gasteiger partial charge in [-0.1, -0.05) is 11.6 Å². The van der Waals surface area contributed by atoms with Gasteiger partial charge in [0.15, 0.2) is 9.84 Å². The first kappa shape index (κ1) is 19.9. The van der Waals surface area contributed by atoms with Crippen molar-refractivity contribution >= 4 is 21.4 Å². The molecule has 0 radical (unpaired) electrons. The highest BCUT2D eigenvalue weighted by Gasteiger charge is 2.15. The number of aryl methyl sites for hydroxylation is 1. The molecule has 0 atom stereocenters. The number of halogens is 1. The number of hydrogen-bond acceptors (Lipinski definition) is 5. The Kier molecular flexibility index (Phi) is 5.45. The van der Waals surface area contributed by atoms with E-state index in [1.54, 1.807) is 35.0 Å². The van der Waals surface area contributed by atoms with E-state index in [1.165, 1.54) is 18.4 Å². The average Bonchev–Trinajstić information content (AvgIpc) is 2.93. The maximum absolute atomic E-state index is 11.5. The Bertz CT molecular complexity index is 1180. The molecule has 2 aromatic carbocycles. The number of rotatable bonds is 5. The molecule has 0 N–H and O–H groups in total. The first-order chi connectivity index (χ1) is 13.2. The van der Waals surface area contributed by atoms with Crippen LogP contribution in [0.1, 0.15) is 22.5 Å². The van der Waals surface area contributed by atoms with Gasteiger partial charge >= 0.3 is 0 Å². The van der Waals surface area contributed by atoms with E-state index in [-0.39, 0.29) is 4.90 Å². The van der Waals surface area contributed by atoms with Gasteiger partial charge in [-0.3, -0.25) is 0 Å². The van der Waals surface area contributed by atoms with Crippen LogP contribution >= 0.6 is 11.6 Å². The molecule has 28 heavy (non-hydrogen) atoms. The highest BCUT2D eigenvalue weighted by atomic mass is 35.5. The Morgan fingerprint density at radius 3 is 2.43 bits per heavy atom. The molecule has 3 rings (SSSR count). The number of aromatic nitrogens is 2. The third kappa shape index (κ3) is 4.03. The summed E-state index contributed by atoms with van der Waals surface area (Å²) in [7, 11) is -3.24. The van der Waals surface area contributed by atoms with Crippen LogP contribution in [0, 0.1) is 25.2 Å². The zero-order valence-electron chi connectivity index (χ0n) is 15.6. The maximum atomic E-state index is 11.5. The van der Waals surface area contributed by atoms with Gasteiger partial charge in [-0.25, -0.2) is 13.1 Å². The standard InChI is InChI=1S/C20H18ClN3O3S/c1-13-19(12-27-17-6-8-18(9-7-17)28(3,25)26)14(2)24(23-13)16-5-4-15(11-22)20(21)10-16/h4-10H,12H2,1-3H3. The van der Waals surface area contributed by atoms with Crippen molar-refractivity contribution in [2.24, 2.45) is 0 Å². The van der Waals surface area contributed by atoms with E-state index in [2.05, 4.69) is 5.10 Å². The molecule has 0 amide bonds. The molecule has 0 bridgehead atoms. The molecular weight excluding hydrogens is 398 g/mol. The molecule has 0 unspecified atom stereocenters. The lowest BCUT2D eigenvalue weighted by molar-refractivity contribution is 0.304. The Morgan fingerprint density at radius 1 is 1.18 bits per heavy atom. The first-order valence-corrected chi connectivity index (χ1v) is 10.7. The van der Waals surface area contributed by atoms with E-state index < -0.39 is 9.84 Å². The summed E-state index contributed by atoms with van der Waals surface area (Å²) in [4.78, 5) is 0.248. The van der Waals surface area contributed by atoms with Crippen LogP contribution in [0.25, 0.3) is 5.69 Å². The average molecular weight is 416 g/mol. The van der Waals surface area contributed by atoms with Crippen LogP contribution in [0.15, 0.2) is 47.4 Å². The summed E-state index contributed by atoms with van der Waals surface area (Å²) in [6, 6.07) is 13.5. The lowest BCUT2D eigenvalue weighted by atomic mass is 10.2. The normalized spacial score (nSPS) is 11.2. The van der Waals surface area contributed by atoms with Crippen LogP contribution in [0.2, 0.25) is 5.02 Å². The number of ether oxygens (including phenoxy) is 1. The van der Waals surface area contributed by atoms with Gasteiger partial charge in [-0.15, -0.1) is 0 Å². The molecule has 8 heteroatoms. The fraction of sp³-hybridized carbons (Fsp3) is 0.200. The zero-order valence-corrected chi connectivity index (χ0v) is 17.2. The van der Waals surface area contributed by atoms with Gasteiger partial charge in [0, 0.05) is 17.5 Å². The van der Waals surface area contributed by atoms with E-state index in [0.717, 1.165) is 22.6 Å². The Hall–Kier alpha value is -2.82. The lowest BCUT2D eigenvalue weighted by Crippen LogP contribution is -2.02. The largest absolute Gasteiger partial charge is 0.489 e. The minimum absolute atomic E-state index is 0.248. The smallest absolute Gasteiger partial charge is 0.175 e. The quantitative estimate of drug-likeness (QED) is 0.628. The molecule has 6 nitrogen and oxygen atoms in total. The fourth-order valence-electron chi connectivity index (χ4n) is 2.80.